The van der Waals surface area contributed by atoms with Gasteiger partial charge in [0, 0.05) is 35.9 Å². The van der Waals surface area contributed by atoms with Crippen LogP contribution in [0.2, 0.25) is 0 Å². The van der Waals surface area contributed by atoms with Crippen molar-refractivity contribution in [2.45, 2.75) is 26.9 Å². The molecule has 0 fully saturated rings. The fourth-order valence-corrected chi connectivity index (χ4v) is 2.93. The average Bonchev–Trinajstić information content (AvgIpc) is 3.34. The van der Waals surface area contributed by atoms with Crippen LogP contribution in [-0.4, -0.2) is 29.5 Å². The Hall–Kier alpha value is -3.28. The third-order valence-electron chi connectivity index (χ3n) is 4.28. The molecular formula is C20H20N6. The van der Waals surface area contributed by atoms with Gasteiger partial charge >= 0.3 is 0 Å². The summed E-state index contributed by atoms with van der Waals surface area (Å²) in [5.41, 5.74) is 5.15. The Morgan fingerprint density at radius 2 is 1.77 bits per heavy atom. The monoisotopic (exact) mass is 344 g/mol. The van der Waals surface area contributed by atoms with E-state index in [-0.39, 0.29) is 0 Å². The lowest BCUT2D eigenvalue weighted by Crippen LogP contribution is -2.08. The van der Waals surface area contributed by atoms with E-state index < -0.39 is 0 Å². The van der Waals surface area contributed by atoms with Gasteiger partial charge < -0.3 is 0 Å². The van der Waals surface area contributed by atoms with E-state index in [0.717, 1.165) is 47.0 Å². The normalized spacial score (nSPS) is 11.0. The molecule has 1 aromatic carbocycles. The highest BCUT2D eigenvalue weighted by Gasteiger charge is 2.08. The van der Waals surface area contributed by atoms with E-state index in [0.29, 0.717) is 0 Å². The van der Waals surface area contributed by atoms with Crippen molar-refractivity contribution in [2.75, 3.05) is 0 Å². The molecule has 4 rings (SSSR count). The molecule has 0 aliphatic carbocycles. The van der Waals surface area contributed by atoms with Crippen LogP contribution in [0, 0.1) is 13.8 Å². The Morgan fingerprint density at radius 1 is 0.923 bits per heavy atom. The van der Waals surface area contributed by atoms with Gasteiger partial charge in [-0.2, -0.15) is 10.2 Å². The predicted octanol–water partition coefficient (Wildman–Crippen LogP) is 3.52. The maximum Gasteiger partial charge on any atom is 0.125 e. The Balaban J connectivity index is 1.58. The highest BCUT2D eigenvalue weighted by Crippen LogP contribution is 2.26. The molecule has 0 saturated heterocycles. The third-order valence-corrected chi connectivity index (χ3v) is 4.28. The fraction of sp³-hybridized carbons (Fsp3) is 0.200. The maximum atomic E-state index is 4.70. The Bertz CT molecular complexity index is 1020. The SMILES string of the molecule is Cc1ncc(C)c(-c2cccc(-c3ccn(CCn4cccn4)n3)c2)n1. The van der Waals surface area contributed by atoms with Crippen LogP contribution in [0.4, 0.5) is 0 Å². The summed E-state index contributed by atoms with van der Waals surface area (Å²) in [6.45, 7) is 5.53. The first-order chi connectivity index (χ1) is 12.7. The van der Waals surface area contributed by atoms with Crippen LogP contribution in [0.25, 0.3) is 22.5 Å². The zero-order valence-electron chi connectivity index (χ0n) is 14.9. The maximum absolute atomic E-state index is 4.70. The molecule has 0 radical (unpaired) electrons. The lowest BCUT2D eigenvalue weighted by molar-refractivity contribution is 0.501. The lowest BCUT2D eigenvalue weighted by Gasteiger charge is -2.07. The van der Waals surface area contributed by atoms with Crippen LogP contribution >= 0.6 is 0 Å². The van der Waals surface area contributed by atoms with Gasteiger partial charge in [-0.05, 0) is 37.6 Å². The van der Waals surface area contributed by atoms with Crippen molar-refractivity contribution in [2.24, 2.45) is 0 Å². The van der Waals surface area contributed by atoms with Crippen molar-refractivity contribution < 1.29 is 0 Å². The van der Waals surface area contributed by atoms with Gasteiger partial charge in [-0.25, -0.2) is 9.97 Å². The van der Waals surface area contributed by atoms with Crippen molar-refractivity contribution in [1.29, 1.82) is 0 Å². The molecule has 4 aromatic rings. The summed E-state index contributed by atoms with van der Waals surface area (Å²) >= 11 is 0. The molecule has 0 saturated carbocycles. The molecule has 3 heterocycles. The van der Waals surface area contributed by atoms with Crippen molar-refractivity contribution in [3.05, 3.63) is 72.6 Å². The van der Waals surface area contributed by atoms with Crippen molar-refractivity contribution in [3.8, 4) is 22.5 Å². The summed E-state index contributed by atoms with van der Waals surface area (Å²) in [7, 11) is 0. The van der Waals surface area contributed by atoms with E-state index in [1.807, 2.05) is 60.0 Å². The first-order valence-corrected chi connectivity index (χ1v) is 8.61. The molecule has 6 heteroatoms. The largest absolute Gasteiger partial charge is 0.271 e. The summed E-state index contributed by atoms with van der Waals surface area (Å²) in [5.74, 6) is 0.777. The molecule has 0 aliphatic rings. The molecule has 0 spiro atoms. The minimum absolute atomic E-state index is 0.777. The molecule has 26 heavy (non-hydrogen) atoms. The van der Waals surface area contributed by atoms with Gasteiger partial charge in [0.1, 0.15) is 5.82 Å². The zero-order chi connectivity index (χ0) is 17.9. The van der Waals surface area contributed by atoms with Crippen LogP contribution < -0.4 is 0 Å². The Labute approximate surface area is 152 Å². The molecule has 130 valence electrons. The second-order valence-electron chi connectivity index (χ2n) is 6.26. The van der Waals surface area contributed by atoms with Gasteiger partial charge in [-0.15, -0.1) is 0 Å². The number of aryl methyl sites for hydroxylation is 4. The highest BCUT2D eigenvalue weighted by molar-refractivity contribution is 5.70. The smallest absolute Gasteiger partial charge is 0.125 e. The van der Waals surface area contributed by atoms with Crippen LogP contribution in [0.5, 0.6) is 0 Å². The van der Waals surface area contributed by atoms with Crippen molar-refractivity contribution in [3.63, 3.8) is 0 Å². The van der Waals surface area contributed by atoms with Crippen molar-refractivity contribution >= 4 is 0 Å². The standard InChI is InChI=1S/C20H20N6/c1-15-14-21-16(2)23-20(15)18-6-3-5-17(13-18)19-7-10-26(24-19)12-11-25-9-4-8-22-25/h3-10,13-14H,11-12H2,1-2H3. The minimum atomic E-state index is 0.777. The van der Waals surface area contributed by atoms with Gasteiger partial charge in [0.15, 0.2) is 0 Å². The summed E-state index contributed by atoms with van der Waals surface area (Å²) in [6, 6.07) is 12.3. The molecular weight excluding hydrogens is 324 g/mol. The second-order valence-corrected chi connectivity index (χ2v) is 6.26. The van der Waals surface area contributed by atoms with Crippen LogP contribution in [-0.2, 0) is 13.1 Å². The van der Waals surface area contributed by atoms with E-state index in [9.17, 15) is 0 Å². The third kappa shape index (κ3) is 3.39. The molecule has 0 amide bonds. The van der Waals surface area contributed by atoms with Crippen LogP contribution in [0.3, 0.4) is 0 Å². The Kier molecular flexibility index (Phi) is 4.31. The zero-order valence-corrected chi connectivity index (χ0v) is 14.9. The number of nitrogens with zero attached hydrogens (tertiary/aromatic N) is 6. The first-order valence-electron chi connectivity index (χ1n) is 8.61. The molecule has 0 unspecified atom stereocenters. The average molecular weight is 344 g/mol. The van der Waals surface area contributed by atoms with E-state index in [1.54, 1.807) is 6.20 Å². The molecule has 0 aliphatic heterocycles. The number of aromatic nitrogens is 6. The van der Waals surface area contributed by atoms with E-state index in [1.165, 1.54) is 0 Å². The predicted molar refractivity (Wildman–Crippen MR) is 100 cm³/mol. The molecule has 0 N–H and O–H groups in total. The van der Waals surface area contributed by atoms with E-state index in [2.05, 4.69) is 33.3 Å². The van der Waals surface area contributed by atoms with Crippen LogP contribution in [0.1, 0.15) is 11.4 Å². The molecule has 0 bridgehead atoms. The minimum Gasteiger partial charge on any atom is -0.271 e. The fourth-order valence-electron chi connectivity index (χ4n) is 2.93. The molecule has 0 atom stereocenters. The molecule has 3 aromatic heterocycles. The highest BCUT2D eigenvalue weighted by atomic mass is 15.3. The number of hydrogen-bond acceptors (Lipinski definition) is 4. The number of hydrogen-bond donors (Lipinski definition) is 0. The number of benzene rings is 1. The van der Waals surface area contributed by atoms with Gasteiger partial charge in [-0.3, -0.25) is 9.36 Å². The van der Waals surface area contributed by atoms with Gasteiger partial charge in [0.05, 0.1) is 24.5 Å². The summed E-state index contributed by atoms with van der Waals surface area (Å²) < 4.78 is 3.85. The second kappa shape index (κ2) is 6.92. The quantitative estimate of drug-likeness (QED) is 0.556. The van der Waals surface area contributed by atoms with E-state index in [4.69, 9.17) is 5.10 Å². The van der Waals surface area contributed by atoms with Crippen molar-refractivity contribution in [1.82, 2.24) is 29.5 Å². The summed E-state index contributed by atoms with van der Waals surface area (Å²) in [5, 5.41) is 8.92. The topological polar surface area (TPSA) is 61.4 Å². The molecule has 6 nitrogen and oxygen atoms in total. The first kappa shape index (κ1) is 16.2. The lowest BCUT2D eigenvalue weighted by atomic mass is 10.0. The summed E-state index contributed by atoms with van der Waals surface area (Å²) in [4.78, 5) is 8.85. The Morgan fingerprint density at radius 3 is 2.62 bits per heavy atom. The van der Waals surface area contributed by atoms with Crippen LogP contribution in [0.15, 0.2) is 61.2 Å². The van der Waals surface area contributed by atoms with Gasteiger partial charge in [-0.1, -0.05) is 18.2 Å². The van der Waals surface area contributed by atoms with Gasteiger partial charge in [0.25, 0.3) is 0 Å². The van der Waals surface area contributed by atoms with Gasteiger partial charge in [0.2, 0.25) is 0 Å². The summed E-state index contributed by atoms with van der Waals surface area (Å²) in [6.07, 6.45) is 7.62. The van der Waals surface area contributed by atoms with E-state index >= 15 is 0 Å². The number of rotatable bonds is 5.